The molecule has 1 saturated heterocycles. The lowest BCUT2D eigenvalue weighted by molar-refractivity contribution is -0.155. The van der Waals surface area contributed by atoms with Gasteiger partial charge in [0, 0.05) is 26.1 Å². The number of piperazine rings is 1. The summed E-state index contributed by atoms with van der Waals surface area (Å²) in [6, 6.07) is 0.443. The highest BCUT2D eigenvalue weighted by Crippen LogP contribution is 2.32. The molecule has 0 bridgehead atoms. The molecule has 2 rings (SSSR count). The molecule has 0 aromatic carbocycles. The lowest BCUT2D eigenvalue weighted by atomic mass is 9.84. The molecule has 0 aromatic heterocycles. The Bertz CT molecular complexity index is 411. The van der Waals surface area contributed by atoms with Crippen molar-refractivity contribution < 1.29 is 14.3 Å². The maximum absolute atomic E-state index is 12.6. The Morgan fingerprint density at radius 3 is 2.41 bits per heavy atom. The van der Waals surface area contributed by atoms with Crippen molar-refractivity contribution in [1.82, 2.24) is 9.80 Å². The van der Waals surface area contributed by atoms with E-state index in [4.69, 9.17) is 4.74 Å². The zero-order chi connectivity index (χ0) is 16.3. The van der Waals surface area contributed by atoms with E-state index in [0.717, 1.165) is 25.7 Å². The van der Waals surface area contributed by atoms with Gasteiger partial charge in [0.15, 0.2) is 0 Å². The predicted molar refractivity (Wildman–Crippen MR) is 85.4 cm³/mol. The third-order valence-corrected chi connectivity index (χ3v) is 4.75. The van der Waals surface area contributed by atoms with Crippen LogP contribution in [0.1, 0.15) is 53.4 Å². The third-order valence-electron chi connectivity index (χ3n) is 4.75. The highest BCUT2D eigenvalue weighted by molar-refractivity contribution is 5.79. The monoisotopic (exact) mass is 310 g/mol. The highest BCUT2D eigenvalue weighted by atomic mass is 16.5. The molecule has 2 aliphatic rings. The minimum Gasteiger partial charge on any atom is -0.371 e. The largest absolute Gasteiger partial charge is 0.371 e. The van der Waals surface area contributed by atoms with E-state index in [9.17, 15) is 9.59 Å². The average molecular weight is 310 g/mol. The second-order valence-electron chi connectivity index (χ2n) is 7.15. The molecule has 3 atom stereocenters. The summed E-state index contributed by atoms with van der Waals surface area (Å²) in [4.78, 5) is 28.5. The molecule has 0 N–H and O–H groups in total. The predicted octanol–water partition coefficient (Wildman–Crippen LogP) is 2.05. The summed E-state index contributed by atoms with van der Waals surface area (Å²) in [5.41, 5.74) is 0. The van der Waals surface area contributed by atoms with E-state index in [1.165, 1.54) is 0 Å². The van der Waals surface area contributed by atoms with Crippen LogP contribution in [0, 0.1) is 5.92 Å². The average Bonchev–Trinajstić information content (AvgIpc) is 2.45. The Kier molecular flexibility index (Phi) is 5.84. The highest BCUT2D eigenvalue weighted by Gasteiger charge is 2.43. The topological polar surface area (TPSA) is 49.9 Å². The van der Waals surface area contributed by atoms with Gasteiger partial charge in [-0.15, -0.1) is 0 Å². The standard InChI is InChI=1S/C17H30N2O3/c1-12(2)10-22-11-17(21)18-9-13(3)19(14(4)20)16-8-6-5-7-15(16)18/h12-13,15-16H,5-11H2,1-4H3/t13-,15?,16?/m0/s1. The number of hydrogen-bond acceptors (Lipinski definition) is 3. The molecule has 1 aliphatic heterocycles. The van der Waals surface area contributed by atoms with Crippen LogP contribution in [0.4, 0.5) is 0 Å². The Morgan fingerprint density at radius 1 is 1.18 bits per heavy atom. The van der Waals surface area contributed by atoms with Crippen LogP contribution in [0.15, 0.2) is 0 Å². The van der Waals surface area contributed by atoms with Crippen LogP contribution < -0.4 is 0 Å². The van der Waals surface area contributed by atoms with Crippen LogP contribution in [0.25, 0.3) is 0 Å². The minimum absolute atomic E-state index is 0.0765. The molecule has 0 radical (unpaired) electrons. The fraction of sp³-hybridized carbons (Fsp3) is 0.882. The first-order chi connectivity index (χ1) is 10.4. The molecule has 126 valence electrons. The lowest BCUT2D eigenvalue weighted by Crippen LogP contribution is -2.66. The Morgan fingerprint density at radius 2 is 1.82 bits per heavy atom. The fourth-order valence-electron chi connectivity index (χ4n) is 3.91. The molecule has 2 amide bonds. The fourth-order valence-corrected chi connectivity index (χ4v) is 3.91. The summed E-state index contributed by atoms with van der Waals surface area (Å²) in [7, 11) is 0. The summed E-state index contributed by atoms with van der Waals surface area (Å²) in [6.45, 7) is 9.25. The SMILES string of the molecule is CC(=O)N1C2CCCCC2N(C(=O)COCC(C)C)C[C@@H]1C. The van der Waals surface area contributed by atoms with E-state index in [1.807, 2.05) is 16.7 Å². The first-order valence-electron chi connectivity index (χ1n) is 8.58. The molecule has 2 unspecified atom stereocenters. The zero-order valence-electron chi connectivity index (χ0n) is 14.4. The molecule has 1 heterocycles. The molecular weight excluding hydrogens is 280 g/mol. The molecule has 5 nitrogen and oxygen atoms in total. The van der Waals surface area contributed by atoms with E-state index in [0.29, 0.717) is 19.1 Å². The number of fused-ring (bicyclic) bond motifs is 1. The van der Waals surface area contributed by atoms with E-state index in [2.05, 4.69) is 13.8 Å². The number of hydrogen-bond donors (Lipinski definition) is 0. The van der Waals surface area contributed by atoms with Gasteiger partial charge in [-0.3, -0.25) is 9.59 Å². The van der Waals surface area contributed by atoms with Gasteiger partial charge in [0.05, 0.1) is 12.1 Å². The number of ether oxygens (including phenoxy) is 1. The van der Waals surface area contributed by atoms with Crippen molar-refractivity contribution in [2.75, 3.05) is 19.8 Å². The van der Waals surface area contributed by atoms with Gasteiger partial charge < -0.3 is 14.5 Å². The molecule has 1 aliphatic carbocycles. The van der Waals surface area contributed by atoms with Crippen molar-refractivity contribution in [3.8, 4) is 0 Å². The van der Waals surface area contributed by atoms with Crippen LogP contribution in [-0.4, -0.2) is 59.5 Å². The summed E-state index contributed by atoms with van der Waals surface area (Å²) >= 11 is 0. The van der Waals surface area contributed by atoms with Gasteiger partial charge >= 0.3 is 0 Å². The van der Waals surface area contributed by atoms with Crippen molar-refractivity contribution >= 4 is 11.8 Å². The summed E-state index contributed by atoms with van der Waals surface area (Å²) < 4.78 is 5.53. The van der Waals surface area contributed by atoms with Gasteiger partial charge in [-0.05, 0) is 25.7 Å². The number of rotatable bonds is 4. The number of carbonyl (C=O) groups is 2. The molecular formula is C17H30N2O3. The van der Waals surface area contributed by atoms with Gasteiger partial charge in [-0.1, -0.05) is 26.7 Å². The van der Waals surface area contributed by atoms with E-state index in [-0.39, 0.29) is 36.5 Å². The third kappa shape index (κ3) is 3.80. The van der Waals surface area contributed by atoms with Crippen molar-refractivity contribution in [3.63, 3.8) is 0 Å². The van der Waals surface area contributed by atoms with Crippen molar-refractivity contribution in [2.45, 2.75) is 71.5 Å². The lowest BCUT2D eigenvalue weighted by Gasteiger charge is -2.52. The second-order valence-corrected chi connectivity index (χ2v) is 7.15. The first kappa shape index (κ1) is 17.3. The van der Waals surface area contributed by atoms with Gasteiger partial charge in [0.2, 0.25) is 11.8 Å². The van der Waals surface area contributed by atoms with E-state index < -0.39 is 0 Å². The van der Waals surface area contributed by atoms with Crippen LogP contribution in [0.3, 0.4) is 0 Å². The van der Waals surface area contributed by atoms with Crippen molar-refractivity contribution in [2.24, 2.45) is 5.92 Å². The quantitative estimate of drug-likeness (QED) is 0.798. The van der Waals surface area contributed by atoms with Gasteiger partial charge in [-0.25, -0.2) is 0 Å². The molecule has 1 saturated carbocycles. The smallest absolute Gasteiger partial charge is 0.248 e. The summed E-state index contributed by atoms with van der Waals surface area (Å²) in [5.74, 6) is 0.642. The normalized spacial score (nSPS) is 28.7. The molecule has 0 spiro atoms. The Hall–Kier alpha value is -1.10. The van der Waals surface area contributed by atoms with Gasteiger partial charge in [-0.2, -0.15) is 0 Å². The van der Waals surface area contributed by atoms with Gasteiger partial charge in [0.1, 0.15) is 6.61 Å². The van der Waals surface area contributed by atoms with Crippen LogP contribution in [-0.2, 0) is 14.3 Å². The van der Waals surface area contributed by atoms with Crippen LogP contribution in [0.5, 0.6) is 0 Å². The van der Waals surface area contributed by atoms with Crippen molar-refractivity contribution in [1.29, 1.82) is 0 Å². The molecule has 5 heteroatoms. The second kappa shape index (κ2) is 7.44. The van der Waals surface area contributed by atoms with Crippen LogP contribution >= 0.6 is 0 Å². The Balaban J connectivity index is 2.05. The number of amides is 2. The van der Waals surface area contributed by atoms with Crippen molar-refractivity contribution in [3.05, 3.63) is 0 Å². The zero-order valence-corrected chi connectivity index (χ0v) is 14.4. The van der Waals surface area contributed by atoms with E-state index in [1.54, 1.807) is 6.92 Å². The summed E-state index contributed by atoms with van der Waals surface area (Å²) in [6.07, 6.45) is 4.28. The molecule has 0 aromatic rings. The van der Waals surface area contributed by atoms with Crippen LogP contribution in [0.2, 0.25) is 0 Å². The maximum Gasteiger partial charge on any atom is 0.248 e. The maximum atomic E-state index is 12.6. The molecule has 22 heavy (non-hydrogen) atoms. The van der Waals surface area contributed by atoms with Gasteiger partial charge in [0.25, 0.3) is 0 Å². The summed E-state index contributed by atoms with van der Waals surface area (Å²) in [5, 5.41) is 0. The first-order valence-corrected chi connectivity index (χ1v) is 8.58. The van der Waals surface area contributed by atoms with E-state index >= 15 is 0 Å². The number of carbonyl (C=O) groups excluding carboxylic acids is 2. The Labute approximate surface area is 134 Å². The number of nitrogens with zero attached hydrogens (tertiary/aromatic N) is 2. The minimum atomic E-state index is 0.0765. The molecule has 2 fully saturated rings.